The number of amides is 1. The predicted molar refractivity (Wildman–Crippen MR) is 72.3 cm³/mol. The maximum atomic E-state index is 13.8. The van der Waals surface area contributed by atoms with Crippen molar-refractivity contribution in [3.8, 4) is 0 Å². The van der Waals surface area contributed by atoms with E-state index in [9.17, 15) is 22.4 Å². The molecule has 0 radical (unpaired) electrons. The first kappa shape index (κ1) is 16.4. The smallest absolute Gasteiger partial charge is 0.368 e. The molecule has 6 nitrogen and oxygen atoms in total. The minimum atomic E-state index is -4.67. The SMILES string of the molecule is O=C(N[C@H]1CCO[C@H]1c1ncn[nH]1)c1cc(C(F)(F)F)ccc1F. The molecule has 0 unspecified atom stereocenters. The van der Waals surface area contributed by atoms with Crippen LogP contribution in [0.25, 0.3) is 0 Å². The van der Waals surface area contributed by atoms with Gasteiger partial charge in [-0.25, -0.2) is 9.37 Å². The van der Waals surface area contributed by atoms with Gasteiger partial charge in [-0.1, -0.05) is 0 Å². The number of aromatic nitrogens is 3. The van der Waals surface area contributed by atoms with Crippen molar-refractivity contribution in [2.24, 2.45) is 0 Å². The van der Waals surface area contributed by atoms with E-state index in [1.807, 2.05) is 0 Å². The number of hydrogen-bond acceptors (Lipinski definition) is 4. The molecule has 1 aromatic carbocycles. The maximum Gasteiger partial charge on any atom is 0.416 e. The van der Waals surface area contributed by atoms with E-state index in [0.717, 1.165) is 0 Å². The molecule has 0 aliphatic carbocycles. The van der Waals surface area contributed by atoms with E-state index < -0.39 is 41.2 Å². The molecule has 0 saturated carbocycles. The minimum absolute atomic E-state index is 0.321. The summed E-state index contributed by atoms with van der Waals surface area (Å²) in [6.07, 6.45) is -3.60. The average Bonchev–Trinajstić information content (AvgIpc) is 3.16. The Morgan fingerprint density at radius 2 is 2.17 bits per heavy atom. The number of alkyl halides is 3. The summed E-state index contributed by atoms with van der Waals surface area (Å²) in [7, 11) is 0. The lowest BCUT2D eigenvalue weighted by Crippen LogP contribution is -2.37. The first-order chi connectivity index (χ1) is 11.4. The molecule has 1 aliphatic rings. The third kappa shape index (κ3) is 3.23. The summed E-state index contributed by atoms with van der Waals surface area (Å²) in [5, 5.41) is 8.77. The first-order valence-corrected chi connectivity index (χ1v) is 7.01. The molecule has 128 valence electrons. The van der Waals surface area contributed by atoms with E-state index in [0.29, 0.717) is 37.1 Å². The largest absolute Gasteiger partial charge is 0.416 e. The van der Waals surface area contributed by atoms with Gasteiger partial charge in [0.1, 0.15) is 18.2 Å². The monoisotopic (exact) mass is 344 g/mol. The molecule has 3 rings (SSSR count). The Hall–Kier alpha value is -2.49. The number of carbonyl (C=O) groups excluding carboxylic acids is 1. The van der Waals surface area contributed by atoms with Gasteiger partial charge in [0.25, 0.3) is 5.91 Å². The molecule has 2 N–H and O–H groups in total. The van der Waals surface area contributed by atoms with E-state index in [-0.39, 0.29) is 0 Å². The van der Waals surface area contributed by atoms with Crippen LogP contribution in [0.1, 0.15) is 34.3 Å². The van der Waals surface area contributed by atoms with Crippen molar-refractivity contribution >= 4 is 5.91 Å². The number of ether oxygens (including phenoxy) is 1. The van der Waals surface area contributed by atoms with Gasteiger partial charge in [0.15, 0.2) is 5.82 Å². The van der Waals surface area contributed by atoms with Gasteiger partial charge in [0.05, 0.1) is 17.2 Å². The number of halogens is 4. The maximum absolute atomic E-state index is 13.8. The van der Waals surface area contributed by atoms with Crippen molar-refractivity contribution in [3.63, 3.8) is 0 Å². The number of aromatic amines is 1. The standard InChI is InChI=1S/C14H12F4N4O2/c15-9-2-1-7(14(16,17)18)5-8(9)13(23)21-10-3-4-24-11(10)12-19-6-20-22-12/h1-2,5-6,10-11H,3-4H2,(H,21,23)(H,19,20,22)/t10-,11+/m0/s1. The molecule has 2 aromatic rings. The number of hydrogen-bond donors (Lipinski definition) is 2. The predicted octanol–water partition coefficient (Wildman–Crippen LogP) is 2.22. The fourth-order valence-corrected chi connectivity index (χ4v) is 2.48. The van der Waals surface area contributed by atoms with E-state index in [1.54, 1.807) is 0 Å². The first-order valence-electron chi connectivity index (χ1n) is 7.01. The average molecular weight is 344 g/mol. The molecule has 10 heteroatoms. The summed E-state index contributed by atoms with van der Waals surface area (Å²) in [5.41, 5.74) is -1.77. The Labute approximate surface area is 133 Å². The number of benzene rings is 1. The number of rotatable bonds is 3. The highest BCUT2D eigenvalue weighted by Gasteiger charge is 2.35. The van der Waals surface area contributed by atoms with Crippen LogP contribution in [0.3, 0.4) is 0 Å². The Morgan fingerprint density at radius 3 is 2.83 bits per heavy atom. The molecule has 0 spiro atoms. The molecule has 1 aliphatic heterocycles. The van der Waals surface area contributed by atoms with Gasteiger partial charge >= 0.3 is 6.18 Å². The second kappa shape index (κ2) is 6.19. The number of nitrogens with one attached hydrogen (secondary N) is 2. The zero-order chi connectivity index (χ0) is 17.3. The van der Waals surface area contributed by atoms with Crippen molar-refractivity contribution in [1.82, 2.24) is 20.5 Å². The lowest BCUT2D eigenvalue weighted by molar-refractivity contribution is -0.137. The minimum Gasteiger partial charge on any atom is -0.368 e. The third-order valence-electron chi connectivity index (χ3n) is 3.65. The topological polar surface area (TPSA) is 79.9 Å². The van der Waals surface area contributed by atoms with Crippen molar-refractivity contribution < 1.29 is 27.1 Å². The van der Waals surface area contributed by atoms with Crippen LogP contribution in [0, 0.1) is 5.82 Å². The fraction of sp³-hybridized carbons (Fsp3) is 0.357. The molecular weight excluding hydrogens is 332 g/mol. The van der Waals surface area contributed by atoms with Crippen LogP contribution in [-0.2, 0) is 10.9 Å². The lowest BCUT2D eigenvalue weighted by atomic mass is 10.1. The van der Waals surface area contributed by atoms with Crippen LogP contribution < -0.4 is 5.32 Å². The summed E-state index contributed by atoms with van der Waals surface area (Å²) in [6, 6.07) is 1.14. The van der Waals surface area contributed by atoms with Gasteiger partial charge in [0, 0.05) is 6.61 Å². The lowest BCUT2D eigenvalue weighted by Gasteiger charge is -2.18. The summed E-state index contributed by atoms with van der Waals surface area (Å²) in [6.45, 7) is 0.321. The molecule has 24 heavy (non-hydrogen) atoms. The zero-order valence-corrected chi connectivity index (χ0v) is 12.1. The van der Waals surface area contributed by atoms with Gasteiger partial charge in [-0.3, -0.25) is 9.89 Å². The molecular formula is C14H12F4N4O2. The normalized spacial score (nSPS) is 21.0. The van der Waals surface area contributed by atoms with Crippen LogP contribution in [0.4, 0.5) is 17.6 Å². The molecule has 2 atom stereocenters. The summed E-state index contributed by atoms with van der Waals surface area (Å²) in [4.78, 5) is 16.1. The molecule has 2 heterocycles. The van der Waals surface area contributed by atoms with Crippen LogP contribution in [0.2, 0.25) is 0 Å². The summed E-state index contributed by atoms with van der Waals surface area (Å²) < 4.78 is 57.4. The van der Waals surface area contributed by atoms with E-state index >= 15 is 0 Å². The molecule has 1 saturated heterocycles. The van der Waals surface area contributed by atoms with Gasteiger partial charge in [0.2, 0.25) is 0 Å². The number of H-pyrrole nitrogens is 1. The van der Waals surface area contributed by atoms with Gasteiger partial charge in [-0.2, -0.15) is 18.3 Å². The zero-order valence-electron chi connectivity index (χ0n) is 12.1. The highest BCUT2D eigenvalue weighted by molar-refractivity contribution is 5.95. The number of nitrogens with zero attached hydrogens (tertiary/aromatic N) is 2. The van der Waals surface area contributed by atoms with Crippen LogP contribution in [0.5, 0.6) is 0 Å². The van der Waals surface area contributed by atoms with Gasteiger partial charge < -0.3 is 10.1 Å². The fourth-order valence-electron chi connectivity index (χ4n) is 2.48. The summed E-state index contributed by atoms with van der Waals surface area (Å²) in [5.74, 6) is -1.60. The Morgan fingerprint density at radius 1 is 1.38 bits per heavy atom. The van der Waals surface area contributed by atoms with Crippen molar-refractivity contribution in [1.29, 1.82) is 0 Å². The highest BCUT2D eigenvalue weighted by atomic mass is 19.4. The molecule has 1 amide bonds. The van der Waals surface area contributed by atoms with Crippen LogP contribution in [-0.4, -0.2) is 33.7 Å². The van der Waals surface area contributed by atoms with Crippen molar-refractivity contribution in [2.75, 3.05) is 6.61 Å². The van der Waals surface area contributed by atoms with Crippen molar-refractivity contribution in [3.05, 3.63) is 47.3 Å². The summed E-state index contributed by atoms with van der Waals surface area (Å²) >= 11 is 0. The van der Waals surface area contributed by atoms with Crippen LogP contribution >= 0.6 is 0 Å². The van der Waals surface area contributed by atoms with E-state index in [2.05, 4.69) is 20.5 Å². The van der Waals surface area contributed by atoms with Crippen molar-refractivity contribution in [2.45, 2.75) is 24.7 Å². The second-order valence-electron chi connectivity index (χ2n) is 5.22. The van der Waals surface area contributed by atoms with Gasteiger partial charge in [-0.05, 0) is 24.6 Å². The van der Waals surface area contributed by atoms with E-state index in [1.165, 1.54) is 6.33 Å². The number of carbonyl (C=O) groups is 1. The Balaban J connectivity index is 1.80. The second-order valence-corrected chi connectivity index (χ2v) is 5.22. The molecule has 0 bridgehead atoms. The highest BCUT2D eigenvalue weighted by Crippen LogP contribution is 2.31. The van der Waals surface area contributed by atoms with Gasteiger partial charge in [-0.15, -0.1) is 0 Å². The Kier molecular flexibility index (Phi) is 4.22. The van der Waals surface area contributed by atoms with E-state index in [4.69, 9.17) is 4.74 Å². The van der Waals surface area contributed by atoms with Crippen LogP contribution in [0.15, 0.2) is 24.5 Å². The third-order valence-corrected chi connectivity index (χ3v) is 3.65. The quantitative estimate of drug-likeness (QED) is 0.837. The Bertz CT molecular complexity index is 733. The molecule has 1 aromatic heterocycles. The molecule has 1 fully saturated rings.